The monoisotopic (exact) mass is 539 g/mol. The summed E-state index contributed by atoms with van der Waals surface area (Å²) in [4.78, 5) is 30.4. The highest BCUT2D eigenvalue weighted by Gasteiger charge is 2.35. The zero-order valence-electron chi connectivity index (χ0n) is 23.3. The molecule has 204 valence electrons. The number of amidine groups is 1. The van der Waals surface area contributed by atoms with Crippen molar-refractivity contribution in [1.29, 1.82) is 0 Å². The van der Waals surface area contributed by atoms with Gasteiger partial charge in [0.1, 0.15) is 23.4 Å². The fraction of sp³-hybridized carbons (Fsp3) is 0.517. The van der Waals surface area contributed by atoms with Crippen LogP contribution in [0.25, 0.3) is 0 Å². The molecule has 0 unspecified atom stereocenters. The molecule has 1 saturated carbocycles. The van der Waals surface area contributed by atoms with Crippen LogP contribution in [0.5, 0.6) is 5.88 Å². The molecule has 0 spiro atoms. The van der Waals surface area contributed by atoms with Crippen molar-refractivity contribution in [3.05, 3.63) is 58.6 Å². The number of halogens is 1. The molecular weight excluding hydrogens is 502 g/mol. The zero-order chi connectivity index (χ0) is 27.6. The predicted octanol–water partition coefficient (Wildman–Crippen LogP) is 6.48. The van der Waals surface area contributed by atoms with Gasteiger partial charge in [0.2, 0.25) is 5.88 Å². The summed E-state index contributed by atoms with van der Waals surface area (Å²) in [5.74, 6) is 2.52. The standard InChI is InChI=1S/C29H38ClN5O3/c1-18-14-26(33-20(3)32-18)37-24-11-8-21(9-12-24)27(31-7)35-19(2)16-34(28(36)38-29(4,5)6)17-22-15-23(30)10-13-25(22)35/h10,13-15,21,24H,2,8-9,11-12,16-17H2,1,3-7H3. The fourth-order valence-electron chi connectivity index (χ4n) is 5.18. The highest BCUT2D eigenvalue weighted by atomic mass is 35.5. The summed E-state index contributed by atoms with van der Waals surface area (Å²) in [5.41, 5.74) is 2.94. The topological polar surface area (TPSA) is 80.2 Å². The summed E-state index contributed by atoms with van der Waals surface area (Å²) in [7, 11) is 1.82. The number of hydrogen-bond donors (Lipinski definition) is 0. The van der Waals surface area contributed by atoms with Gasteiger partial charge >= 0.3 is 6.09 Å². The summed E-state index contributed by atoms with van der Waals surface area (Å²) < 4.78 is 11.9. The largest absolute Gasteiger partial charge is 0.474 e. The van der Waals surface area contributed by atoms with E-state index in [0.717, 1.165) is 54.2 Å². The van der Waals surface area contributed by atoms with E-state index < -0.39 is 5.60 Å². The maximum Gasteiger partial charge on any atom is 0.410 e. The number of carbonyl (C=O) groups excluding carboxylic acids is 1. The average Bonchev–Trinajstić information content (AvgIpc) is 2.95. The van der Waals surface area contributed by atoms with E-state index in [1.807, 2.05) is 65.9 Å². The van der Waals surface area contributed by atoms with Gasteiger partial charge < -0.3 is 14.4 Å². The number of rotatable bonds is 3. The Hall–Kier alpha value is -3.13. The lowest BCUT2D eigenvalue weighted by Gasteiger charge is -2.36. The van der Waals surface area contributed by atoms with Gasteiger partial charge in [-0.15, -0.1) is 0 Å². The summed E-state index contributed by atoms with van der Waals surface area (Å²) in [6.45, 7) is 14.5. The van der Waals surface area contributed by atoms with Crippen molar-refractivity contribution < 1.29 is 14.3 Å². The maximum atomic E-state index is 13.0. The predicted molar refractivity (Wildman–Crippen MR) is 151 cm³/mol. The summed E-state index contributed by atoms with van der Waals surface area (Å²) in [6.07, 6.45) is 3.34. The third-order valence-electron chi connectivity index (χ3n) is 6.71. The van der Waals surface area contributed by atoms with Gasteiger partial charge in [-0.1, -0.05) is 18.2 Å². The van der Waals surface area contributed by atoms with E-state index in [9.17, 15) is 4.79 Å². The number of aryl methyl sites for hydroxylation is 2. The quantitative estimate of drug-likeness (QED) is 0.328. The average molecular weight is 540 g/mol. The van der Waals surface area contributed by atoms with Crippen LogP contribution in [0.2, 0.25) is 5.02 Å². The minimum absolute atomic E-state index is 0.0964. The van der Waals surface area contributed by atoms with Crippen LogP contribution in [0.15, 0.2) is 41.5 Å². The Morgan fingerprint density at radius 1 is 1.11 bits per heavy atom. The second-order valence-electron chi connectivity index (χ2n) is 11.1. The Bertz CT molecular complexity index is 1210. The van der Waals surface area contributed by atoms with Gasteiger partial charge in [0.15, 0.2) is 0 Å². The Kier molecular flexibility index (Phi) is 8.31. The first-order valence-corrected chi connectivity index (χ1v) is 13.5. The van der Waals surface area contributed by atoms with Crippen molar-refractivity contribution in [2.45, 2.75) is 78.6 Å². The molecule has 1 amide bonds. The smallest absolute Gasteiger partial charge is 0.410 e. The van der Waals surface area contributed by atoms with Gasteiger partial charge in [-0.3, -0.25) is 9.89 Å². The van der Waals surface area contributed by atoms with Crippen LogP contribution in [0.4, 0.5) is 10.5 Å². The molecule has 4 rings (SSSR count). The molecular formula is C29H38ClN5O3. The summed E-state index contributed by atoms with van der Waals surface area (Å²) in [6, 6.07) is 7.65. The molecule has 1 aromatic heterocycles. The van der Waals surface area contributed by atoms with E-state index in [-0.39, 0.29) is 18.1 Å². The third kappa shape index (κ3) is 6.65. The van der Waals surface area contributed by atoms with Gasteiger partial charge in [0.25, 0.3) is 0 Å². The molecule has 8 nitrogen and oxygen atoms in total. The molecule has 0 atom stereocenters. The second kappa shape index (κ2) is 11.3. The first kappa shape index (κ1) is 27.9. The zero-order valence-corrected chi connectivity index (χ0v) is 24.0. The summed E-state index contributed by atoms with van der Waals surface area (Å²) >= 11 is 6.38. The normalized spacial score (nSPS) is 20.6. The first-order valence-electron chi connectivity index (χ1n) is 13.1. The van der Waals surface area contributed by atoms with Crippen LogP contribution in [0, 0.1) is 19.8 Å². The van der Waals surface area contributed by atoms with E-state index in [0.29, 0.717) is 29.8 Å². The van der Waals surface area contributed by atoms with Crippen LogP contribution >= 0.6 is 11.6 Å². The number of anilines is 1. The van der Waals surface area contributed by atoms with Crippen molar-refractivity contribution >= 4 is 29.2 Å². The molecule has 9 heteroatoms. The SMILES string of the molecule is C=C1CN(C(=O)OC(C)(C)C)Cc2cc(Cl)ccc2N1C(=NC)C1CCC(Oc2cc(C)nc(C)n2)CC1. The molecule has 1 aliphatic carbocycles. The molecule has 0 saturated heterocycles. The minimum Gasteiger partial charge on any atom is -0.474 e. The Labute approximate surface area is 230 Å². The van der Waals surface area contributed by atoms with Crippen LogP contribution in [-0.2, 0) is 11.3 Å². The molecule has 0 radical (unpaired) electrons. The molecule has 1 fully saturated rings. The minimum atomic E-state index is -0.596. The molecule has 38 heavy (non-hydrogen) atoms. The van der Waals surface area contributed by atoms with Crippen molar-refractivity contribution in [2.24, 2.45) is 10.9 Å². The lowest BCUT2D eigenvalue weighted by atomic mass is 9.85. The third-order valence-corrected chi connectivity index (χ3v) is 6.95. The van der Waals surface area contributed by atoms with Crippen molar-refractivity contribution in [2.75, 3.05) is 18.5 Å². The fourth-order valence-corrected chi connectivity index (χ4v) is 5.38. The van der Waals surface area contributed by atoms with E-state index in [1.165, 1.54) is 0 Å². The maximum absolute atomic E-state index is 13.0. The lowest BCUT2D eigenvalue weighted by molar-refractivity contribution is 0.0254. The number of benzene rings is 1. The molecule has 2 aromatic rings. The number of fused-ring (bicyclic) bond motifs is 1. The number of nitrogens with zero attached hydrogens (tertiary/aromatic N) is 5. The molecule has 2 heterocycles. The van der Waals surface area contributed by atoms with E-state index in [4.69, 9.17) is 26.1 Å². The number of amides is 1. The number of carbonyl (C=O) groups is 1. The van der Waals surface area contributed by atoms with Crippen molar-refractivity contribution in [1.82, 2.24) is 14.9 Å². The molecule has 1 aliphatic heterocycles. The molecule has 0 N–H and O–H groups in total. The molecule has 1 aromatic carbocycles. The van der Waals surface area contributed by atoms with Gasteiger partial charge in [-0.2, -0.15) is 4.98 Å². The van der Waals surface area contributed by atoms with Crippen LogP contribution in [-0.4, -0.2) is 52.1 Å². The van der Waals surface area contributed by atoms with E-state index >= 15 is 0 Å². The molecule has 0 bridgehead atoms. The Morgan fingerprint density at radius 3 is 2.45 bits per heavy atom. The molecule has 2 aliphatic rings. The van der Waals surface area contributed by atoms with Crippen LogP contribution in [0.3, 0.4) is 0 Å². The number of ether oxygens (including phenoxy) is 2. The number of aromatic nitrogens is 2. The number of aliphatic imine (C=N–C) groups is 1. The van der Waals surface area contributed by atoms with E-state index in [1.54, 1.807) is 4.90 Å². The number of hydrogen-bond acceptors (Lipinski definition) is 6. The summed E-state index contributed by atoms with van der Waals surface area (Å²) in [5, 5.41) is 0.614. The highest BCUT2D eigenvalue weighted by Crippen LogP contribution is 2.37. The van der Waals surface area contributed by atoms with Gasteiger partial charge in [0, 0.05) is 35.4 Å². The van der Waals surface area contributed by atoms with Gasteiger partial charge in [-0.25, -0.2) is 9.78 Å². The Morgan fingerprint density at radius 2 is 1.82 bits per heavy atom. The van der Waals surface area contributed by atoms with Gasteiger partial charge in [-0.05, 0) is 84.1 Å². The lowest BCUT2D eigenvalue weighted by Crippen LogP contribution is -2.41. The van der Waals surface area contributed by atoms with E-state index in [2.05, 4.69) is 21.4 Å². The van der Waals surface area contributed by atoms with Gasteiger partial charge in [0.05, 0.1) is 18.8 Å². The van der Waals surface area contributed by atoms with Crippen molar-refractivity contribution in [3.63, 3.8) is 0 Å². The highest BCUT2D eigenvalue weighted by molar-refractivity contribution is 6.30. The van der Waals surface area contributed by atoms with Crippen LogP contribution in [0.1, 0.15) is 63.5 Å². The van der Waals surface area contributed by atoms with Crippen LogP contribution < -0.4 is 9.64 Å². The first-order chi connectivity index (χ1) is 17.9. The second-order valence-corrected chi connectivity index (χ2v) is 11.5. The Balaban J connectivity index is 1.53. The van der Waals surface area contributed by atoms with Crippen molar-refractivity contribution in [3.8, 4) is 5.88 Å².